The van der Waals surface area contributed by atoms with Gasteiger partial charge in [-0.1, -0.05) is 42.5 Å². The molecule has 1 heterocycles. The molecule has 1 aliphatic rings. The minimum atomic E-state index is -0.0776. The van der Waals surface area contributed by atoms with Crippen molar-refractivity contribution >= 4 is 17.5 Å². The molecule has 1 saturated heterocycles. The van der Waals surface area contributed by atoms with Crippen molar-refractivity contribution in [2.75, 3.05) is 37.6 Å². The number of benzene rings is 2. The highest BCUT2D eigenvalue weighted by Crippen LogP contribution is 2.23. The smallest absolute Gasteiger partial charge is 0.242 e. The van der Waals surface area contributed by atoms with Crippen molar-refractivity contribution in [3.8, 4) is 0 Å². The molecule has 0 atom stereocenters. The zero-order valence-corrected chi connectivity index (χ0v) is 16.8. The monoisotopic (exact) mass is 379 g/mol. The SMILES string of the molecule is Cc1cccc(N2CCN(C(=O)CNC(=O)CCc3ccccc3)CC2)c1C. The maximum Gasteiger partial charge on any atom is 0.242 e. The van der Waals surface area contributed by atoms with Gasteiger partial charge in [-0.25, -0.2) is 0 Å². The molecule has 1 N–H and O–H groups in total. The van der Waals surface area contributed by atoms with Crippen molar-refractivity contribution in [2.24, 2.45) is 0 Å². The number of aryl methyl sites for hydroxylation is 2. The average Bonchev–Trinajstić information content (AvgIpc) is 2.73. The van der Waals surface area contributed by atoms with E-state index in [1.165, 1.54) is 16.8 Å². The van der Waals surface area contributed by atoms with Crippen LogP contribution in [-0.4, -0.2) is 49.4 Å². The summed E-state index contributed by atoms with van der Waals surface area (Å²) < 4.78 is 0. The molecule has 28 heavy (non-hydrogen) atoms. The predicted molar refractivity (Wildman–Crippen MR) is 112 cm³/mol. The number of anilines is 1. The quantitative estimate of drug-likeness (QED) is 0.840. The predicted octanol–water partition coefficient (Wildman–Crippen LogP) is 2.70. The van der Waals surface area contributed by atoms with E-state index >= 15 is 0 Å². The van der Waals surface area contributed by atoms with Crippen molar-refractivity contribution in [3.63, 3.8) is 0 Å². The van der Waals surface area contributed by atoms with E-state index in [0.29, 0.717) is 25.9 Å². The van der Waals surface area contributed by atoms with Crippen LogP contribution in [0, 0.1) is 13.8 Å². The van der Waals surface area contributed by atoms with Gasteiger partial charge in [-0.05, 0) is 43.0 Å². The van der Waals surface area contributed by atoms with Crippen molar-refractivity contribution < 1.29 is 9.59 Å². The average molecular weight is 380 g/mol. The third-order valence-corrected chi connectivity index (χ3v) is 5.47. The first-order valence-corrected chi connectivity index (χ1v) is 9.94. The largest absolute Gasteiger partial charge is 0.368 e. The second kappa shape index (κ2) is 9.40. The van der Waals surface area contributed by atoms with E-state index in [0.717, 1.165) is 18.7 Å². The van der Waals surface area contributed by atoms with E-state index in [-0.39, 0.29) is 18.4 Å². The lowest BCUT2D eigenvalue weighted by Gasteiger charge is -2.37. The van der Waals surface area contributed by atoms with Gasteiger partial charge in [0.15, 0.2) is 0 Å². The van der Waals surface area contributed by atoms with E-state index in [4.69, 9.17) is 0 Å². The molecule has 0 radical (unpaired) electrons. The number of hydrogen-bond acceptors (Lipinski definition) is 3. The zero-order valence-electron chi connectivity index (χ0n) is 16.8. The van der Waals surface area contributed by atoms with E-state index in [9.17, 15) is 9.59 Å². The number of nitrogens with one attached hydrogen (secondary N) is 1. The zero-order chi connectivity index (χ0) is 19.9. The molecule has 0 saturated carbocycles. The standard InChI is InChI=1S/C23H29N3O2/c1-18-7-6-10-21(19(18)2)25-13-15-26(16-14-25)23(28)17-24-22(27)12-11-20-8-4-3-5-9-20/h3-10H,11-17H2,1-2H3,(H,24,27). The molecule has 0 unspecified atom stereocenters. The van der Waals surface area contributed by atoms with Gasteiger partial charge in [0.1, 0.15) is 0 Å². The molecule has 2 aromatic rings. The van der Waals surface area contributed by atoms with Crippen LogP contribution < -0.4 is 10.2 Å². The Morgan fingerprint density at radius 2 is 1.64 bits per heavy atom. The Morgan fingerprint density at radius 1 is 0.929 bits per heavy atom. The summed E-state index contributed by atoms with van der Waals surface area (Å²) in [6.07, 6.45) is 1.09. The summed E-state index contributed by atoms with van der Waals surface area (Å²) >= 11 is 0. The summed E-state index contributed by atoms with van der Waals surface area (Å²) in [5, 5.41) is 2.77. The Kier molecular flexibility index (Phi) is 6.69. The van der Waals surface area contributed by atoms with Gasteiger partial charge in [-0.2, -0.15) is 0 Å². The van der Waals surface area contributed by atoms with Crippen molar-refractivity contribution in [3.05, 3.63) is 65.2 Å². The molecule has 2 aromatic carbocycles. The Balaban J connectivity index is 1.41. The number of rotatable bonds is 6. The van der Waals surface area contributed by atoms with Gasteiger partial charge < -0.3 is 15.1 Å². The fourth-order valence-electron chi connectivity index (χ4n) is 3.55. The van der Waals surface area contributed by atoms with Gasteiger partial charge >= 0.3 is 0 Å². The first kappa shape index (κ1) is 19.9. The minimum absolute atomic E-state index is 0.00586. The first-order valence-electron chi connectivity index (χ1n) is 9.94. The lowest BCUT2D eigenvalue weighted by molar-refractivity contribution is -0.133. The number of nitrogens with zero attached hydrogens (tertiary/aromatic N) is 2. The Labute approximate surface area is 167 Å². The third-order valence-electron chi connectivity index (χ3n) is 5.47. The molecule has 2 amide bonds. The molecule has 1 fully saturated rings. The van der Waals surface area contributed by atoms with Gasteiger partial charge in [-0.3, -0.25) is 9.59 Å². The van der Waals surface area contributed by atoms with Crippen LogP contribution >= 0.6 is 0 Å². The van der Waals surface area contributed by atoms with E-state index in [1.54, 1.807) is 0 Å². The van der Waals surface area contributed by atoms with Crippen LogP contribution in [-0.2, 0) is 16.0 Å². The molecular weight excluding hydrogens is 350 g/mol. The molecule has 0 bridgehead atoms. The summed E-state index contributed by atoms with van der Waals surface area (Å²) in [6.45, 7) is 7.36. The van der Waals surface area contributed by atoms with Crippen molar-refractivity contribution in [1.29, 1.82) is 0 Å². The second-order valence-corrected chi connectivity index (χ2v) is 7.35. The van der Waals surface area contributed by atoms with Gasteiger partial charge in [0.05, 0.1) is 6.54 Å². The number of hydrogen-bond donors (Lipinski definition) is 1. The minimum Gasteiger partial charge on any atom is -0.368 e. The van der Waals surface area contributed by atoms with E-state index in [2.05, 4.69) is 42.3 Å². The lowest BCUT2D eigenvalue weighted by atomic mass is 10.1. The molecular formula is C23H29N3O2. The summed E-state index contributed by atoms with van der Waals surface area (Å²) in [7, 11) is 0. The van der Waals surface area contributed by atoms with Crippen LogP contribution in [0.15, 0.2) is 48.5 Å². The maximum absolute atomic E-state index is 12.4. The van der Waals surface area contributed by atoms with Crippen LogP contribution in [0.2, 0.25) is 0 Å². The molecule has 5 nitrogen and oxygen atoms in total. The number of piperazine rings is 1. The van der Waals surface area contributed by atoms with Crippen molar-refractivity contribution in [2.45, 2.75) is 26.7 Å². The van der Waals surface area contributed by atoms with E-state index in [1.807, 2.05) is 35.2 Å². The van der Waals surface area contributed by atoms with Crippen LogP contribution in [0.1, 0.15) is 23.1 Å². The molecule has 0 spiro atoms. The van der Waals surface area contributed by atoms with Gasteiger partial charge in [0, 0.05) is 38.3 Å². The molecule has 5 heteroatoms. The highest BCUT2D eigenvalue weighted by atomic mass is 16.2. The lowest BCUT2D eigenvalue weighted by Crippen LogP contribution is -2.51. The summed E-state index contributed by atoms with van der Waals surface area (Å²) in [6, 6.07) is 16.3. The normalized spacial score (nSPS) is 14.1. The molecule has 0 aromatic heterocycles. The molecule has 1 aliphatic heterocycles. The molecule has 0 aliphatic carbocycles. The molecule has 3 rings (SSSR count). The van der Waals surface area contributed by atoms with Crippen molar-refractivity contribution in [1.82, 2.24) is 10.2 Å². The van der Waals surface area contributed by atoms with Crippen LogP contribution in [0.4, 0.5) is 5.69 Å². The fourth-order valence-corrected chi connectivity index (χ4v) is 3.55. The Morgan fingerprint density at radius 3 is 2.36 bits per heavy atom. The maximum atomic E-state index is 12.4. The first-order chi connectivity index (χ1) is 13.5. The molecule has 148 valence electrons. The highest BCUT2D eigenvalue weighted by Gasteiger charge is 2.22. The van der Waals surface area contributed by atoms with Gasteiger partial charge in [0.2, 0.25) is 11.8 Å². The second-order valence-electron chi connectivity index (χ2n) is 7.35. The Hall–Kier alpha value is -2.82. The van der Waals surface area contributed by atoms with Crippen LogP contribution in [0.25, 0.3) is 0 Å². The topological polar surface area (TPSA) is 52.6 Å². The fraction of sp³-hybridized carbons (Fsp3) is 0.391. The van der Waals surface area contributed by atoms with Gasteiger partial charge in [-0.15, -0.1) is 0 Å². The van der Waals surface area contributed by atoms with Crippen LogP contribution in [0.3, 0.4) is 0 Å². The Bertz CT molecular complexity index is 812. The van der Waals surface area contributed by atoms with Gasteiger partial charge in [0.25, 0.3) is 0 Å². The highest BCUT2D eigenvalue weighted by molar-refractivity contribution is 5.85. The summed E-state index contributed by atoms with van der Waals surface area (Å²) in [5.74, 6) is -0.0834. The number of carbonyl (C=O) groups excluding carboxylic acids is 2. The summed E-state index contributed by atoms with van der Waals surface area (Å²) in [4.78, 5) is 28.6. The number of carbonyl (C=O) groups is 2. The number of amides is 2. The third kappa shape index (κ3) is 5.12. The van der Waals surface area contributed by atoms with Crippen LogP contribution in [0.5, 0.6) is 0 Å². The summed E-state index contributed by atoms with van der Waals surface area (Å²) in [5.41, 5.74) is 4.97. The van der Waals surface area contributed by atoms with E-state index < -0.39 is 0 Å².